The van der Waals surface area contributed by atoms with E-state index in [0.717, 1.165) is 12.8 Å². The molecule has 3 heteroatoms. The van der Waals surface area contributed by atoms with Crippen LogP contribution < -0.4 is 11.5 Å². The van der Waals surface area contributed by atoms with Gasteiger partial charge in [-0.15, -0.1) is 0 Å². The highest BCUT2D eigenvalue weighted by molar-refractivity contribution is 4.81. The van der Waals surface area contributed by atoms with Gasteiger partial charge in [-0.05, 0) is 25.7 Å². The molecule has 0 rings (SSSR count). The van der Waals surface area contributed by atoms with Crippen LogP contribution >= 0.6 is 0 Å². The second kappa shape index (κ2) is 4.70. The zero-order valence-electron chi connectivity index (χ0n) is 7.51. The molecule has 0 aromatic carbocycles. The van der Waals surface area contributed by atoms with Gasteiger partial charge in [0.2, 0.25) is 0 Å². The van der Waals surface area contributed by atoms with Gasteiger partial charge in [-0.1, -0.05) is 6.92 Å². The van der Waals surface area contributed by atoms with E-state index in [1.165, 1.54) is 0 Å². The monoisotopic (exact) mass is 160 g/mol. The predicted molar refractivity (Wildman–Crippen MR) is 47.1 cm³/mol. The van der Waals surface area contributed by atoms with Gasteiger partial charge in [0.25, 0.3) is 0 Å². The van der Waals surface area contributed by atoms with Gasteiger partial charge in [0.05, 0.1) is 0 Å². The Morgan fingerprint density at radius 3 is 2.45 bits per heavy atom. The molecule has 2 atom stereocenters. The van der Waals surface area contributed by atoms with Crippen LogP contribution in [0.2, 0.25) is 0 Å². The van der Waals surface area contributed by atoms with Crippen molar-refractivity contribution in [2.24, 2.45) is 17.4 Å². The topological polar surface area (TPSA) is 72.3 Å². The Kier molecular flexibility index (Phi) is 4.65. The summed E-state index contributed by atoms with van der Waals surface area (Å²) >= 11 is 0. The number of aliphatic hydroxyl groups is 1. The van der Waals surface area contributed by atoms with E-state index in [4.69, 9.17) is 16.6 Å². The first kappa shape index (κ1) is 10.9. The number of hydrogen-bond donors (Lipinski definition) is 3. The van der Waals surface area contributed by atoms with E-state index >= 15 is 0 Å². The lowest BCUT2D eigenvalue weighted by Gasteiger charge is -2.25. The van der Waals surface area contributed by atoms with Gasteiger partial charge in [0, 0.05) is 18.7 Å². The summed E-state index contributed by atoms with van der Waals surface area (Å²) in [5.74, 6) is 0.457. The van der Waals surface area contributed by atoms with Crippen molar-refractivity contribution in [2.75, 3.05) is 13.2 Å². The molecular weight excluding hydrogens is 140 g/mol. The Balaban J connectivity index is 3.64. The lowest BCUT2D eigenvalue weighted by Crippen LogP contribution is -2.45. The minimum absolute atomic E-state index is 0.238. The quantitative estimate of drug-likeness (QED) is 0.533. The second-order valence-electron chi connectivity index (χ2n) is 3.68. The average Bonchev–Trinajstić information content (AvgIpc) is 1.87. The van der Waals surface area contributed by atoms with Gasteiger partial charge >= 0.3 is 0 Å². The maximum Gasteiger partial charge on any atom is 0.0433 e. The Bertz CT molecular complexity index is 104. The normalized spacial score (nSPS) is 19.4. The van der Waals surface area contributed by atoms with Gasteiger partial charge < -0.3 is 16.6 Å². The summed E-state index contributed by atoms with van der Waals surface area (Å²) in [5, 5.41) is 8.63. The molecule has 0 saturated carbocycles. The summed E-state index contributed by atoms with van der Waals surface area (Å²) in [5.41, 5.74) is 11.0. The summed E-state index contributed by atoms with van der Waals surface area (Å²) in [6.45, 7) is 4.77. The summed E-state index contributed by atoms with van der Waals surface area (Å²) in [6.07, 6.45) is 1.69. The third kappa shape index (κ3) is 5.18. The predicted octanol–water partition coefficient (Wildman–Crippen LogP) is 0.0711. The van der Waals surface area contributed by atoms with Crippen LogP contribution in [0.1, 0.15) is 26.7 Å². The van der Waals surface area contributed by atoms with E-state index in [9.17, 15) is 0 Å². The molecule has 0 amide bonds. The van der Waals surface area contributed by atoms with E-state index in [-0.39, 0.29) is 12.1 Å². The molecule has 5 N–H and O–H groups in total. The first-order valence-corrected chi connectivity index (χ1v) is 4.11. The number of nitrogens with two attached hydrogens (primary N) is 2. The number of rotatable bonds is 5. The van der Waals surface area contributed by atoms with Crippen molar-refractivity contribution >= 4 is 0 Å². The molecule has 0 saturated heterocycles. The molecule has 0 aromatic rings. The molecule has 11 heavy (non-hydrogen) atoms. The minimum Gasteiger partial charge on any atom is -0.396 e. The molecule has 0 aliphatic heterocycles. The van der Waals surface area contributed by atoms with Crippen molar-refractivity contribution in [3.05, 3.63) is 0 Å². The maximum absolute atomic E-state index is 8.63. The van der Waals surface area contributed by atoms with Gasteiger partial charge in [0.15, 0.2) is 0 Å². The maximum atomic E-state index is 8.63. The van der Waals surface area contributed by atoms with Gasteiger partial charge in [-0.25, -0.2) is 0 Å². The molecule has 2 unspecified atom stereocenters. The lowest BCUT2D eigenvalue weighted by molar-refractivity contribution is 0.242. The van der Waals surface area contributed by atoms with Crippen molar-refractivity contribution in [1.29, 1.82) is 0 Å². The van der Waals surface area contributed by atoms with Crippen LogP contribution in [-0.4, -0.2) is 23.8 Å². The summed E-state index contributed by atoms with van der Waals surface area (Å²) < 4.78 is 0. The fourth-order valence-electron chi connectivity index (χ4n) is 1.20. The lowest BCUT2D eigenvalue weighted by atomic mass is 9.89. The molecule has 0 spiro atoms. The molecule has 0 aliphatic carbocycles. The van der Waals surface area contributed by atoms with Crippen LogP contribution in [0, 0.1) is 5.92 Å². The van der Waals surface area contributed by atoms with Crippen LogP contribution in [0.4, 0.5) is 0 Å². The van der Waals surface area contributed by atoms with Crippen LogP contribution in [0.3, 0.4) is 0 Å². The molecule has 0 heterocycles. The Hall–Kier alpha value is -0.120. The summed E-state index contributed by atoms with van der Waals surface area (Å²) in [6, 6.07) is 0. The number of aliphatic hydroxyl groups excluding tert-OH is 1. The van der Waals surface area contributed by atoms with Crippen molar-refractivity contribution in [3.8, 4) is 0 Å². The van der Waals surface area contributed by atoms with Crippen molar-refractivity contribution < 1.29 is 5.11 Å². The minimum atomic E-state index is -0.269. The van der Waals surface area contributed by atoms with Gasteiger partial charge in [-0.3, -0.25) is 0 Å². The van der Waals surface area contributed by atoms with E-state index < -0.39 is 0 Å². The second-order valence-corrected chi connectivity index (χ2v) is 3.68. The van der Waals surface area contributed by atoms with Crippen molar-refractivity contribution in [3.63, 3.8) is 0 Å². The average molecular weight is 160 g/mol. The molecule has 0 fully saturated rings. The molecular formula is C8H20N2O. The Morgan fingerprint density at radius 1 is 1.55 bits per heavy atom. The van der Waals surface area contributed by atoms with E-state index in [2.05, 4.69) is 6.92 Å². The molecule has 68 valence electrons. The molecule has 0 radical (unpaired) electrons. The highest BCUT2D eigenvalue weighted by atomic mass is 16.3. The van der Waals surface area contributed by atoms with Crippen LogP contribution in [0.15, 0.2) is 0 Å². The highest BCUT2D eigenvalue weighted by Crippen LogP contribution is 2.15. The first-order chi connectivity index (χ1) is 5.02. The largest absolute Gasteiger partial charge is 0.396 e. The molecule has 0 aromatic heterocycles. The fraction of sp³-hybridized carbons (Fsp3) is 1.00. The fourth-order valence-corrected chi connectivity index (χ4v) is 1.20. The zero-order valence-corrected chi connectivity index (χ0v) is 7.51. The van der Waals surface area contributed by atoms with Gasteiger partial charge in [-0.2, -0.15) is 0 Å². The molecule has 3 nitrogen and oxygen atoms in total. The molecule has 0 aliphatic rings. The van der Waals surface area contributed by atoms with E-state index in [0.29, 0.717) is 12.5 Å². The van der Waals surface area contributed by atoms with Crippen LogP contribution in [0.25, 0.3) is 0 Å². The standard InChI is InChI=1S/C8H20N2O/c1-7(3-4-11)5-8(2,10)6-9/h7,11H,3-6,9-10H2,1-2H3. The Morgan fingerprint density at radius 2 is 2.09 bits per heavy atom. The zero-order chi connectivity index (χ0) is 8.91. The summed E-state index contributed by atoms with van der Waals surface area (Å²) in [4.78, 5) is 0. The summed E-state index contributed by atoms with van der Waals surface area (Å²) in [7, 11) is 0. The Labute approximate surface area is 68.8 Å². The van der Waals surface area contributed by atoms with Gasteiger partial charge in [0.1, 0.15) is 0 Å². The van der Waals surface area contributed by atoms with E-state index in [1.807, 2.05) is 6.92 Å². The van der Waals surface area contributed by atoms with Crippen LogP contribution in [0.5, 0.6) is 0 Å². The SMILES string of the molecule is CC(CCO)CC(C)(N)CN. The molecule has 0 bridgehead atoms. The van der Waals surface area contributed by atoms with Crippen molar-refractivity contribution in [1.82, 2.24) is 0 Å². The first-order valence-electron chi connectivity index (χ1n) is 4.11. The highest BCUT2D eigenvalue weighted by Gasteiger charge is 2.18. The number of hydrogen-bond acceptors (Lipinski definition) is 3. The third-order valence-electron chi connectivity index (χ3n) is 1.90. The van der Waals surface area contributed by atoms with Crippen molar-refractivity contribution in [2.45, 2.75) is 32.2 Å². The van der Waals surface area contributed by atoms with Crippen LogP contribution in [-0.2, 0) is 0 Å². The third-order valence-corrected chi connectivity index (χ3v) is 1.90. The van der Waals surface area contributed by atoms with E-state index in [1.54, 1.807) is 0 Å². The smallest absolute Gasteiger partial charge is 0.0433 e.